The van der Waals surface area contributed by atoms with E-state index in [2.05, 4.69) is 10.2 Å². The molecule has 0 spiro atoms. The number of nitrogens with zero attached hydrogens (tertiary/aromatic N) is 4. The van der Waals surface area contributed by atoms with E-state index in [0.29, 0.717) is 33.1 Å². The molecule has 2 heterocycles. The lowest BCUT2D eigenvalue weighted by Gasteiger charge is -2.13. The first-order chi connectivity index (χ1) is 15.5. The second-order valence-corrected chi connectivity index (χ2v) is 8.91. The number of rotatable bonds is 5. The van der Waals surface area contributed by atoms with Gasteiger partial charge in [-0.2, -0.15) is 0 Å². The molecule has 6 nitrogen and oxygen atoms in total. The van der Waals surface area contributed by atoms with E-state index in [1.807, 2.05) is 91.0 Å². The Balaban J connectivity index is 1.68. The molecular formula is C25H20N4O2S. The van der Waals surface area contributed by atoms with E-state index in [1.165, 1.54) is 11.8 Å². The molecule has 2 aromatic heterocycles. The van der Waals surface area contributed by atoms with Gasteiger partial charge in [0.15, 0.2) is 10.9 Å². The Bertz CT molecular complexity index is 1500. The van der Waals surface area contributed by atoms with Crippen LogP contribution in [0.4, 0.5) is 0 Å². The Morgan fingerprint density at radius 1 is 0.906 bits per heavy atom. The van der Waals surface area contributed by atoms with Crippen LogP contribution >= 0.6 is 11.8 Å². The molecule has 5 rings (SSSR count). The number of benzene rings is 3. The summed E-state index contributed by atoms with van der Waals surface area (Å²) in [5.74, 6) is 0.433. The molecule has 0 saturated carbocycles. The molecular weight excluding hydrogens is 420 g/mol. The number of thioether (sulfide) groups is 1. The maximum absolute atomic E-state index is 13.4. The largest absolute Gasteiger partial charge is 0.293 e. The second kappa shape index (κ2) is 8.09. The fraction of sp³-hybridized carbons (Fsp3) is 0.120. The van der Waals surface area contributed by atoms with Crippen LogP contribution in [0.2, 0.25) is 0 Å². The van der Waals surface area contributed by atoms with E-state index in [-0.39, 0.29) is 16.6 Å². The fourth-order valence-corrected chi connectivity index (χ4v) is 4.66. The maximum atomic E-state index is 13.4. The van der Waals surface area contributed by atoms with Crippen molar-refractivity contribution in [2.24, 2.45) is 0 Å². The summed E-state index contributed by atoms with van der Waals surface area (Å²) >= 11 is 1.33. The van der Waals surface area contributed by atoms with Crippen molar-refractivity contribution in [2.45, 2.75) is 24.3 Å². The van der Waals surface area contributed by atoms with E-state index in [0.717, 1.165) is 5.56 Å². The summed E-state index contributed by atoms with van der Waals surface area (Å²) < 4.78 is 3.43. The lowest BCUT2D eigenvalue weighted by Crippen LogP contribution is -2.22. The number of Topliss-reactive ketones (excluding diaryl/α,β-unsaturated/α-hetero) is 1. The van der Waals surface area contributed by atoms with Crippen LogP contribution in [0.3, 0.4) is 0 Å². The molecule has 0 aliphatic heterocycles. The number of fused-ring (bicyclic) bond motifs is 3. The average molecular weight is 441 g/mol. The SMILES string of the molecule is Cc1ccc(-n2c(=O)c3ccccc3n3c(SC(C)C(=O)c4ccccc4)nnc23)cc1. The molecule has 1 unspecified atom stereocenters. The zero-order valence-electron chi connectivity index (χ0n) is 17.6. The number of carbonyl (C=O) groups excluding carboxylic acids is 1. The number of para-hydroxylation sites is 1. The van der Waals surface area contributed by atoms with Crippen LogP contribution in [0.25, 0.3) is 22.4 Å². The molecule has 3 aromatic carbocycles. The highest BCUT2D eigenvalue weighted by atomic mass is 32.2. The quantitative estimate of drug-likeness (QED) is 0.293. The normalized spacial score (nSPS) is 12.3. The summed E-state index contributed by atoms with van der Waals surface area (Å²) in [6.07, 6.45) is 0. The van der Waals surface area contributed by atoms with Crippen molar-refractivity contribution < 1.29 is 4.79 Å². The van der Waals surface area contributed by atoms with Crippen molar-refractivity contribution in [3.63, 3.8) is 0 Å². The third-order valence-electron chi connectivity index (χ3n) is 5.40. The molecule has 0 fully saturated rings. The van der Waals surface area contributed by atoms with E-state index < -0.39 is 0 Å². The molecule has 0 aliphatic rings. The topological polar surface area (TPSA) is 69.3 Å². The van der Waals surface area contributed by atoms with Gasteiger partial charge in [0.05, 0.1) is 21.8 Å². The molecule has 5 aromatic rings. The monoisotopic (exact) mass is 440 g/mol. The number of hydrogen-bond acceptors (Lipinski definition) is 5. The van der Waals surface area contributed by atoms with Crippen LogP contribution in [0.5, 0.6) is 0 Å². The van der Waals surface area contributed by atoms with Crippen LogP contribution < -0.4 is 5.56 Å². The molecule has 0 N–H and O–H groups in total. The zero-order valence-corrected chi connectivity index (χ0v) is 18.4. The maximum Gasteiger partial charge on any atom is 0.267 e. The van der Waals surface area contributed by atoms with Gasteiger partial charge in [0.2, 0.25) is 5.78 Å². The highest BCUT2D eigenvalue weighted by Gasteiger charge is 2.22. The zero-order chi connectivity index (χ0) is 22.2. The summed E-state index contributed by atoms with van der Waals surface area (Å²) in [6.45, 7) is 3.86. The molecule has 158 valence electrons. The van der Waals surface area contributed by atoms with E-state index in [1.54, 1.807) is 10.6 Å². The number of aromatic nitrogens is 4. The van der Waals surface area contributed by atoms with Crippen LogP contribution in [-0.4, -0.2) is 30.2 Å². The standard InChI is InChI=1S/C25H20N4O2S/c1-16-12-14-19(15-13-16)28-23(31)20-10-6-7-11-21(20)29-24(28)26-27-25(29)32-17(2)22(30)18-8-4-3-5-9-18/h3-15,17H,1-2H3. The highest BCUT2D eigenvalue weighted by molar-refractivity contribution is 8.00. The highest BCUT2D eigenvalue weighted by Crippen LogP contribution is 2.27. The van der Waals surface area contributed by atoms with Crippen LogP contribution in [0.15, 0.2) is 88.8 Å². The van der Waals surface area contributed by atoms with Gasteiger partial charge in [-0.1, -0.05) is 71.9 Å². The van der Waals surface area contributed by atoms with Crippen LogP contribution in [-0.2, 0) is 0 Å². The molecule has 0 saturated heterocycles. The summed E-state index contributed by atoms with van der Waals surface area (Å²) in [5, 5.41) is 9.48. The van der Waals surface area contributed by atoms with E-state index in [9.17, 15) is 9.59 Å². The third kappa shape index (κ3) is 3.40. The molecule has 0 amide bonds. The van der Waals surface area contributed by atoms with Gasteiger partial charge in [-0.05, 0) is 38.1 Å². The Labute approximate surface area is 188 Å². The van der Waals surface area contributed by atoms with E-state index in [4.69, 9.17) is 0 Å². The minimum Gasteiger partial charge on any atom is -0.293 e. The number of aryl methyl sites for hydroxylation is 1. The Morgan fingerprint density at radius 3 is 2.34 bits per heavy atom. The predicted molar refractivity (Wildman–Crippen MR) is 127 cm³/mol. The van der Waals surface area contributed by atoms with Gasteiger partial charge >= 0.3 is 0 Å². The lowest BCUT2D eigenvalue weighted by atomic mass is 10.1. The number of hydrogen-bond donors (Lipinski definition) is 0. The molecule has 32 heavy (non-hydrogen) atoms. The minimum absolute atomic E-state index is 0.0171. The van der Waals surface area contributed by atoms with Gasteiger partial charge in [0.1, 0.15) is 0 Å². The first-order valence-electron chi connectivity index (χ1n) is 10.3. The molecule has 7 heteroatoms. The molecule has 0 aliphatic carbocycles. The van der Waals surface area contributed by atoms with Crippen molar-refractivity contribution in [2.75, 3.05) is 0 Å². The second-order valence-electron chi connectivity index (χ2n) is 7.60. The van der Waals surface area contributed by atoms with Gasteiger partial charge in [-0.25, -0.2) is 4.57 Å². The lowest BCUT2D eigenvalue weighted by molar-refractivity contribution is 0.0994. The van der Waals surface area contributed by atoms with Gasteiger partial charge in [0.25, 0.3) is 5.56 Å². The fourth-order valence-electron chi connectivity index (χ4n) is 3.73. The smallest absolute Gasteiger partial charge is 0.267 e. The average Bonchev–Trinajstić information content (AvgIpc) is 3.23. The molecule has 0 radical (unpaired) electrons. The first-order valence-corrected chi connectivity index (χ1v) is 11.1. The number of carbonyl (C=O) groups is 1. The first kappa shape index (κ1) is 20.2. The van der Waals surface area contributed by atoms with Gasteiger partial charge < -0.3 is 0 Å². The predicted octanol–water partition coefficient (Wildman–Crippen LogP) is 4.71. The van der Waals surface area contributed by atoms with E-state index >= 15 is 0 Å². The van der Waals surface area contributed by atoms with Crippen molar-refractivity contribution >= 4 is 34.2 Å². The summed E-state index contributed by atoms with van der Waals surface area (Å²) in [6, 6.07) is 24.3. The summed E-state index contributed by atoms with van der Waals surface area (Å²) in [7, 11) is 0. The van der Waals surface area contributed by atoms with Crippen LogP contribution in [0.1, 0.15) is 22.8 Å². The minimum atomic E-state index is -0.372. The molecule has 1 atom stereocenters. The summed E-state index contributed by atoms with van der Waals surface area (Å²) in [4.78, 5) is 26.3. The van der Waals surface area contributed by atoms with Gasteiger partial charge in [0, 0.05) is 5.56 Å². The third-order valence-corrected chi connectivity index (χ3v) is 6.44. The van der Waals surface area contributed by atoms with Crippen LogP contribution in [0, 0.1) is 6.92 Å². The Hall–Kier alpha value is -3.71. The summed E-state index contributed by atoms with van der Waals surface area (Å²) in [5.41, 5.74) is 3.03. The molecule has 0 bridgehead atoms. The van der Waals surface area contributed by atoms with Crippen molar-refractivity contribution in [3.8, 4) is 5.69 Å². The van der Waals surface area contributed by atoms with Gasteiger partial charge in [-0.3, -0.25) is 14.0 Å². The van der Waals surface area contributed by atoms with Crippen molar-refractivity contribution in [1.29, 1.82) is 0 Å². The van der Waals surface area contributed by atoms with Gasteiger partial charge in [-0.15, -0.1) is 10.2 Å². The Morgan fingerprint density at radius 2 is 1.59 bits per heavy atom. The van der Waals surface area contributed by atoms with Crippen molar-refractivity contribution in [1.82, 2.24) is 19.2 Å². The van der Waals surface area contributed by atoms with Crippen molar-refractivity contribution in [3.05, 3.63) is 100 Å². The Kier molecular flexibility index (Phi) is 5.11. The number of ketones is 1.